The quantitative estimate of drug-likeness (QED) is 0.908. The molecule has 0 radical (unpaired) electrons. The van der Waals surface area contributed by atoms with Gasteiger partial charge >= 0.3 is 0 Å². The Morgan fingerprint density at radius 1 is 1.35 bits per heavy atom. The van der Waals surface area contributed by atoms with Crippen LogP contribution < -0.4 is 15.4 Å². The second kappa shape index (κ2) is 5.07. The molecule has 0 saturated carbocycles. The number of aromatic nitrogens is 2. The van der Waals surface area contributed by atoms with Crippen LogP contribution in [0.25, 0.3) is 0 Å². The summed E-state index contributed by atoms with van der Waals surface area (Å²) >= 11 is 0. The highest BCUT2D eigenvalue weighted by Gasteiger charge is 2.22. The van der Waals surface area contributed by atoms with Gasteiger partial charge in [-0.1, -0.05) is 25.1 Å². The van der Waals surface area contributed by atoms with Crippen LogP contribution in [0, 0.1) is 0 Å². The molecule has 106 valence electrons. The van der Waals surface area contributed by atoms with E-state index in [9.17, 15) is 0 Å². The lowest BCUT2D eigenvalue weighted by Gasteiger charge is -2.22. The first-order chi connectivity index (χ1) is 9.70. The van der Waals surface area contributed by atoms with Gasteiger partial charge in [-0.3, -0.25) is 4.68 Å². The van der Waals surface area contributed by atoms with Crippen LogP contribution in [0.15, 0.2) is 24.3 Å². The molecular formula is C15H20N4O. The Kier molecular flexibility index (Phi) is 3.26. The molecule has 2 aromatic rings. The van der Waals surface area contributed by atoms with Crippen molar-refractivity contribution in [2.75, 3.05) is 23.8 Å². The average Bonchev–Trinajstić information content (AvgIpc) is 2.63. The molecule has 3 rings (SSSR count). The molecule has 0 aliphatic carbocycles. The van der Waals surface area contributed by atoms with Crippen LogP contribution in [0.3, 0.4) is 0 Å². The number of nitrogens with zero attached hydrogens (tertiary/aromatic N) is 3. The van der Waals surface area contributed by atoms with Crippen LogP contribution >= 0.6 is 0 Å². The van der Waals surface area contributed by atoms with Crippen LogP contribution in [0.5, 0.6) is 5.75 Å². The number of rotatable bonds is 2. The number of hydrogen-bond donors (Lipinski definition) is 1. The molecular weight excluding hydrogens is 252 g/mol. The summed E-state index contributed by atoms with van der Waals surface area (Å²) in [6.07, 6.45) is 0.848. The Bertz CT molecular complexity index is 620. The summed E-state index contributed by atoms with van der Waals surface area (Å²) < 4.78 is 7.68. The number of nitrogen functional groups attached to an aromatic ring is 1. The predicted molar refractivity (Wildman–Crippen MR) is 80.0 cm³/mol. The number of aryl methyl sites for hydroxylation is 2. The lowest BCUT2D eigenvalue weighted by atomic mass is 10.2. The van der Waals surface area contributed by atoms with Crippen LogP contribution in [0.4, 0.5) is 11.5 Å². The number of benzene rings is 1. The number of anilines is 2. The zero-order valence-corrected chi connectivity index (χ0v) is 12.0. The first-order valence-electron chi connectivity index (χ1n) is 6.97. The van der Waals surface area contributed by atoms with Gasteiger partial charge in [0, 0.05) is 19.2 Å². The fourth-order valence-corrected chi connectivity index (χ4v) is 2.73. The largest absolute Gasteiger partial charge is 0.491 e. The molecule has 20 heavy (non-hydrogen) atoms. The van der Waals surface area contributed by atoms with E-state index in [2.05, 4.69) is 23.0 Å². The SMILES string of the molecule is CCc1nn(C)c(N2CCOc3ccccc3C2)c1N. The molecule has 5 heteroatoms. The number of hydrogen-bond acceptors (Lipinski definition) is 4. The summed E-state index contributed by atoms with van der Waals surface area (Å²) in [6.45, 7) is 4.33. The van der Waals surface area contributed by atoms with Gasteiger partial charge in [0.15, 0.2) is 5.82 Å². The Labute approximate surface area is 118 Å². The molecule has 0 saturated heterocycles. The Hall–Kier alpha value is -2.17. The van der Waals surface area contributed by atoms with Crippen molar-refractivity contribution >= 4 is 11.5 Å². The lowest BCUT2D eigenvalue weighted by molar-refractivity contribution is 0.331. The second-order valence-corrected chi connectivity index (χ2v) is 5.04. The summed E-state index contributed by atoms with van der Waals surface area (Å²) in [6, 6.07) is 8.15. The predicted octanol–water partition coefficient (Wildman–Crippen LogP) is 1.96. The fraction of sp³-hybridized carbons (Fsp3) is 0.400. The summed E-state index contributed by atoms with van der Waals surface area (Å²) in [5.41, 5.74) is 9.18. The third kappa shape index (κ3) is 2.09. The van der Waals surface area contributed by atoms with E-state index in [-0.39, 0.29) is 0 Å². The normalized spacial score (nSPS) is 14.6. The molecule has 0 amide bonds. The van der Waals surface area contributed by atoms with Crippen molar-refractivity contribution in [3.05, 3.63) is 35.5 Å². The highest BCUT2D eigenvalue weighted by Crippen LogP contribution is 2.31. The Morgan fingerprint density at radius 3 is 2.90 bits per heavy atom. The molecule has 2 N–H and O–H groups in total. The highest BCUT2D eigenvalue weighted by atomic mass is 16.5. The smallest absolute Gasteiger partial charge is 0.150 e. The van der Waals surface area contributed by atoms with Gasteiger partial charge in [0.25, 0.3) is 0 Å². The highest BCUT2D eigenvalue weighted by molar-refractivity contribution is 5.67. The first kappa shape index (κ1) is 12.8. The van der Waals surface area contributed by atoms with Crippen LogP contribution in [0.1, 0.15) is 18.2 Å². The number of nitrogens with two attached hydrogens (primary N) is 1. The van der Waals surface area contributed by atoms with Gasteiger partial charge in [0.05, 0.1) is 17.9 Å². The minimum absolute atomic E-state index is 0.656. The zero-order valence-electron chi connectivity index (χ0n) is 12.0. The number of fused-ring (bicyclic) bond motifs is 1. The van der Waals surface area contributed by atoms with Crippen molar-refractivity contribution in [3.8, 4) is 5.75 Å². The van der Waals surface area contributed by atoms with Crippen molar-refractivity contribution in [1.29, 1.82) is 0 Å². The standard InChI is InChI=1S/C15H20N4O/c1-3-12-14(16)15(18(2)17-12)19-8-9-20-13-7-5-4-6-11(13)10-19/h4-7H,3,8-10,16H2,1-2H3. The maximum absolute atomic E-state index is 6.25. The summed E-state index contributed by atoms with van der Waals surface area (Å²) in [5.74, 6) is 1.95. The van der Waals surface area contributed by atoms with E-state index in [1.807, 2.05) is 29.9 Å². The van der Waals surface area contributed by atoms with Crippen LogP contribution in [0.2, 0.25) is 0 Å². The van der Waals surface area contributed by atoms with Gasteiger partial charge in [0.1, 0.15) is 12.4 Å². The van der Waals surface area contributed by atoms with Gasteiger partial charge in [0.2, 0.25) is 0 Å². The maximum Gasteiger partial charge on any atom is 0.150 e. The minimum atomic E-state index is 0.656. The Balaban J connectivity index is 1.97. The van der Waals surface area contributed by atoms with Crippen molar-refractivity contribution in [2.45, 2.75) is 19.9 Å². The van der Waals surface area contributed by atoms with Gasteiger partial charge in [-0.05, 0) is 12.5 Å². The Morgan fingerprint density at radius 2 is 2.15 bits per heavy atom. The minimum Gasteiger partial charge on any atom is -0.491 e. The van der Waals surface area contributed by atoms with E-state index in [1.165, 1.54) is 5.56 Å². The second-order valence-electron chi connectivity index (χ2n) is 5.04. The van der Waals surface area contributed by atoms with Crippen molar-refractivity contribution in [1.82, 2.24) is 9.78 Å². The van der Waals surface area contributed by atoms with Crippen molar-refractivity contribution < 1.29 is 4.74 Å². The monoisotopic (exact) mass is 272 g/mol. The van der Waals surface area contributed by atoms with E-state index in [1.54, 1.807) is 0 Å². The fourth-order valence-electron chi connectivity index (χ4n) is 2.73. The molecule has 1 aromatic heterocycles. The van der Waals surface area contributed by atoms with E-state index in [0.29, 0.717) is 6.61 Å². The first-order valence-corrected chi connectivity index (χ1v) is 6.97. The van der Waals surface area contributed by atoms with E-state index < -0.39 is 0 Å². The zero-order chi connectivity index (χ0) is 14.1. The maximum atomic E-state index is 6.25. The van der Waals surface area contributed by atoms with Gasteiger partial charge in [-0.25, -0.2) is 0 Å². The summed E-state index contributed by atoms with van der Waals surface area (Å²) in [4.78, 5) is 2.24. The lowest BCUT2D eigenvalue weighted by Crippen LogP contribution is -2.28. The van der Waals surface area contributed by atoms with Crippen LogP contribution in [-0.4, -0.2) is 22.9 Å². The van der Waals surface area contributed by atoms with Crippen molar-refractivity contribution in [3.63, 3.8) is 0 Å². The summed E-state index contributed by atoms with van der Waals surface area (Å²) in [5, 5.41) is 4.50. The summed E-state index contributed by atoms with van der Waals surface area (Å²) in [7, 11) is 1.95. The number of ether oxygens (including phenoxy) is 1. The molecule has 2 heterocycles. The molecule has 0 fully saturated rings. The van der Waals surface area contributed by atoms with Crippen molar-refractivity contribution in [2.24, 2.45) is 7.05 Å². The topological polar surface area (TPSA) is 56.3 Å². The van der Waals surface area contributed by atoms with Gasteiger partial charge in [-0.15, -0.1) is 0 Å². The van der Waals surface area contributed by atoms with Crippen LogP contribution in [-0.2, 0) is 20.0 Å². The van der Waals surface area contributed by atoms with Gasteiger partial charge in [-0.2, -0.15) is 5.10 Å². The molecule has 0 bridgehead atoms. The molecule has 0 atom stereocenters. The third-order valence-electron chi connectivity index (χ3n) is 3.72. The average molecular weight is 272 g/mol. The molecule has 0 unspecified atom stereocenters. The molecule has 1 aliphatic heterocycles. The third-order valence-corrected chi connectivity index (χ3v) is 3.72. The van der Waals surface area contributed by atoms with Gasteiger partial charge < -0.3 is 15.4 Å². The van der Waals surface area contributed by atoms with E-state index in [0.717, 1.165) is 42.5 Å². The van der Waals surface area contributed by atoms with E-state index >= 15 is 0 Å². The number of para-hydroxylation sites is 1. The molecule has 5 nitrogen and oxygen atoms in total. The molecule has 1 aliphatic rings. The molecule has 1 aromatic carbocycles. The van der Waals surface area contributed by atoms with E-state index in [4.69, 9.17) is 10.5 Å². The molecule has 0 spiro atoms.